The molecule has 0 N–H and O–H groups in total. The van der Waals surface area contributed by atoms with Gasteiger partial charge in [0.25, 0.3) is 0 Å². The lowest BCUT2D eigenvalue weighted by Gasteiger charge is -2.20. The second-order valence-corrected chi connectivity index (χ2v) is 4.12. The highest BCUT2D eigenvalue weighted by molar-refractivity contribution is 6.33. The van der Waals surface area contributed by atoms with E-state index < -0.39 is 0 Å². The van der Waals surface area contributed by atoms with Gasteiger partial charge in [-0.15, -0.1) is 0 Å². The number of rotatable bonds is 4. The number of benzene rings is 1. The second-order valence-electron chi connectivity index (χ2n) is 3.71. The van der Waals surface area contributed by atoms with Gasteiger partial charge in [-0.1, -0.05) is 11.6 Å². The SMILES string of the molecule is CCOC(=O)CN(C)c1cc(F)c(C)cc1Cl. The van der Waals surface area contributed by atoms with Crippen LogP contribution in [0.4, 0.5) is 10.1 Å². The molecule has 3 nitrogen and oxygen atoms in total. The monoisotopic (exact) mass is 259 g/mol. The Morgan fingerprint density at radius 3 is 2.76 bits per heavy atom. The summed E-state index contributed by atoms with van der Waals surface area (Å²) in [5.41, 5.74) is 0.950. The molecule has 17 heavy (non-hydrogen) atoms. The largest absolute Gasteiger partial charge is 0.465 e. The van der Waals surface area contributed by atoms with Crippen LogP contribution in [-0.2, 0) is 9.53 Å². The summed E-state index contributed by atoms with van der Waals surface area (Å²) in [6.07, 6.45) is 0. The summed E-state index contributed by atoms with van der Waals surface area (Å²) >= 11 is 6.00. The van der Waals surface area contributed by atoms with Crippen molar-refractivity contribution in [1.29, 1.82) is 0 Å². The van der Waals surface area contributed by atoms with E-state index in [1.807, 2.05) is 0 Å². The van der Waals surface area contributed by atoms with Crippen LogP contribution in [0.25, 0.3) is 0 Å². The first-order valence-electron chi connectivity index (χ1n) is 5.28. The molecule has 0 fully saturated rings. The lowest BCUT2D eigenvalue weighted by Crippen LogP contribution is -2.27. The van der Waals surface area contributed by atoms with E-state index in [1.54, 1.807) is 25.8 Å². The maximum Gasteiger partial charge on any atom is 0.325 e. The number of nitrogens with zero attached hydrogens (tertiary/aromatic N) is 1. The van der Waals surface area contributed by atoms with Gasteiger partial charge in [-0.25, -0.2) is 4.39 Å². The number of ether oxygens (including phenoxy) is 1. The Morgan fingerprint density at radius 2 is 2.18 bits per heavy atom. The van der Waals surface area contributed by atoms with Crippen molar-refractivity contribution in [2.45, 2.75) is 13.8 Å². The van der Waals surface area contributed by atoms with Crippen molar-refractivity contribution in [1.82, 2.24) is 0 Å². The predicted octanol–water partition coefficient (Wildman–Crippen LogP) is 2.79. The van der Waals surface area contributed by atoms with Gasteiger partial charge in [0.15, 0.2) is 0 Å². The predicted molar refractivity (Wildman–Crippen MR) is 66.1 cm³/mol. The summed E-state index contributed by atoms with van der Waals surface area (Å²) in [7, 11) is 1.66. The molecule has 0 spiro atoms. The molecule has 1 aromatic carbocycles. The van der Waals surface area contributed by atoms with Crippen molar-refractivity contribution in [3.8, 4) is 0 Å². The van der Waals surface area contributed by atoms with E-state index in [4.69, 9.17) is 16.3 Å². The Kier molecular flexibility index (Phi) is 4.75. The quantitative estimate of drug-likeness (QED) is 0.779. The van der Waals surface area contributed by atoms with Gasteiger partial charge in [0.1, 0.15) is 12.4 Å². The van der Waals surface area contributed by atoms with E-state index >= 15 is 0 Å². The average Bonchev–Trinajstić information content (AvgIpc) is 2.23. The molecule has 0 aliphatic heterocycles. The zero-order chi connectivity index (χ0) is 13.0. The molecule has 0 atom stereocenters. The molecule has 0 saturated carbocycles. The lowest BCUT2D eigenvalue weighted by atomic mass is 10.2. The van der Waals surface area contributed by atoms with E-state index in [-0.39, 0.29) is 18.3 Å². The molecule has 0 amide bonds. The highest BCUT2D eigenvalue weighted by Gasteiger charge is 2.13. The van der Waals surface area contributed by atoms with Gasteiger partial charge in [-0.05, 0) is 31.5 Å². The number of likely N-dealkylation sites (N-methyl/N-ethyl adjacent to an activating group) is 1. The minimum Gasteiger partial charge on any atom is -0.465 e. The van der Waals surface area contributed by atoms with Crippen LogP contribution in [-0.4, -0.2) is 26.2 Å². The highest BCUT2D eigenvalue weighted by Crippen LogP contribution is 2.27. The Balaban J connectivity index is 2.85. The van der Waals surface area contributed by atoms with Crippen LogP contribution in [0.3, 0.4) is 0 Å². The summed E-state index contributed by atoms with van der Waals surface area (Å²) in [5, 5.41) is 0.413. The van der Waals surface area contributed by atoms with Crippen LogP contribution < -0.4 is 4.90 Å². The fourth-order valence-corrected chi connectivity index (χ4v) is 1.78. The summed E-state index contributed by atoms with van der Waals surface area (Å²) in [5.74, 6) is -0.716. The molecule has 0 radical (unpaired) electrons. The Morgan fingerprint density at radius 1 is 1.53 bits per heavy atom. The Hall–Kier alpha value is -1.29. The molecule has 0 heterocycles. The number of carbonyl (C=O) groups excluding carboxylic acids is 1. The van der Waals surface area contributed by atoms with Crippen LogP contribution >= 0.6 is 11.6 Å². The van der Waals surface area contributed by atoms with Gasteiger partial charge in [0, 0.05) is 7.05 Å². The molecule has 0 aliphatic carbocycles. The molecule has 0 unspecified atom stereocenters. The van der Waals surface area contributed by atoms with Crippen molar-refractivity contribution >= 4 is 23.3 Å². The molecule has 5 heteroatoms. The first-order valence-corrected chi connectivity index (χ1v) is 5.66. The first kappa shape index (κ1) is 13.8. The van der Waals surface area contributed by atoms with Crippen LogP contribution in [0.15, 0.2) is 12.1 Å². The van der Waals surface area contributed by atoms with E-state index in [0.29, 0.717) is 22.9 Å². The van der Waals surface area contributed by atoms with Crippen molar-refractivity contribution in [2.75, 3.05) is 25.1 Å². The number of hydrogen-bond donors (Lipinski definition) is 0. The fraction of sp³-hybridized carbons (Fsp3) is 0.417. The van der Waals surface area contributed by atoms with Crippen molar-refractivity contribution in [2.24, 2.45) is 0 Å². The number of hydrogen-bond acceptors (Lipinski definition) is 3. The van der Waals surface area contributed by atoms with Gasteiger partial charge in [0.05, 0.1) is 17.3 Å². The van der Waals surface area contributed by atoms with Gasteiger partial charge in [-0.3, -0.25) is 4.79 Å². The van der Waals surface area contributed by atoms with Crippen molar-refractivity contribution < 1.29 is 13.9 Å². The smallest absolute Gasteiger partial charge is 0.325 e. The molecule has 0 aromatic heterocycles. The number of aryl methyl sites for hydroxylation is 1. The van der Waals surface area contributed by atoms with Crippen LogP contribution in [0.2, 0.25) is 5.02 Å². The number of carbonyl (C=O) groups is 1. The summed E-state index contributed by atoms with van der Waals surface area (Å²) in [4.78, 5) is 12.8. The third-order valence-electron chi connectivity index (χ3n) is 2.31. The molecule has 0 saturated heterocycles. The zero-order valence-electron chi connectivity index (χ0n) is 10.1. The number of esters is 1. The highest BCUT2D eigenvalue weighted by atomic mass is 35.5. The van der Waals surface area contributed by atoms with Crippen LogP contribution in [0, 0.1) is 12.7 Å². The maximum atomic E-state index is 13.4. The van der Waals surface area contributed by atoms with Gasteiger partial charge >= 0.3 is 5.97 Å². The fourth-order valence-electron chi connectivity index (χ4n) is 1.41. The molecule has 0 aliphatic rings. The van der Waals surface area contributed by atoms with E-state index in [9.17, 15) is 9.18 Å². The van der Waals surface area contributed by atoms with E-state index in [2.05, 4.69) is 0 Å². The topological polar surface area (TPSA) is 29.5 Å². The van der Waals surface area contributed by atoms with Gasteiger partial charge < -0.3 is 9.64 Å². The van der Waals surface area contributed by atoms with Gasteiger partial charge in [0.2, 0.25) is 0 Å². The Labute approximate surface area is 105 Å². The molecule has 94 valence electrons. The van der Waals surface area contributed by atoms with Crippen molar-refractivity contribution in [3.05, 3.63) is 28.5 Å². The molecule has 1 rings (SSSR count). The molecule has 1 aromatic rings. The second kappa shape index (κ2) is 5.87. The average molecular weight is 260 g/mol. The lowest BCUT2D eigenvalue weighted by molar-refractivity contribution is -0.141. The van der Waals surface area contributed by atoms with Crippen molar-refractivity contribution in [3.63, 3.8) is 0 Å². The standard InChI is InChI=1S/C12H15ClFNO2/c1-4-17-12(16)7-15(3)11-6-10(14)8(2)5-9(11)13/h5-6H,4,7H2,1-3H3. The third kappa shape index (κ3) is 3.60. The Bertz CT molecular complexity index is 423. The number of anilines is 1. The summed E-state index contributed by atoms with van der Waals surface area (Å²) in [6.45, 7) is 3.73. The van der Waals surface area contributed by atoms with E-state index in [0.717, 1.165) is 0 Å². The van der Waals surface area contributed by atoms with Crippen LogP contribution in [0.5, 0.6) is 0 Å². The number of halogens is 2. The van der Waals surface area contributed by atoms with E-state index in [1.165, 1.54) is 12.1 Å². The molecular formula is C12H15ClFNO2. The zero-order valence-corrected chi connectivity index (χ0v) is 10.8. The minimum atomic E-state index is -0.368. The molecule has 0 bridgehead atoms. The minimum absolute atomic E-state index is 0.0378. The summed E-state index contributed by atoms with van der Waals surface area (Å²) in [6, 6.07) is 2.85. The maximum absolute atomic E-state index is 13.4. The normalized spacial score (nSPS) is 10.2. The van der Waals surface area contributed by atoms with Crippen LogP contribution in [0.1, 0.15) is 12.5 Å². The third-order valence-corrected chi connectivity index (χ3v) is 2.61. The summed E-state index contributed by atoms with van der Waals surface area (Å²) < 4.78 is 18.2. The van der Waals surface area contributed by atoms with Gasteiger partial charge in [-0.2, -0.15) is 0 Å². The first-order chi connectivity index (χ1) is 7.95. The molecular weight excluding hydrogens is 245 g/mol.